The van der Waals surface area contributed by atoms with E-state index in [1.807, 2.05) is 96.8 Å². The van der Waals surface area contributed by atoms with Gasteiger partial charge in [0.15, 0.2) is 10.8 Å². The van der Waals surface area contributed by atoms with Crippen molar-refractivity contribution >= 4 is 78.7 Å². The molecule has 4 N–H and O–H groups in total. The number of amides is 4. The van der Waals surface area contributed by atoms with Gasteiger partial charge in [0.1, 0.15) is 11.6 Å². The number of anilines is 3. The molecule has 4 aromatic carbocycles. The van der Waals surface area contributed by atoms with Gasteiger partial charge in [0.05, 0.1) is 40.5 Å². The third-order valence-corrected chi connectivity index (χ3v) is 14.2. The third-order valence-electron chi connectivity index (χ3n) is 13.3. The Hall–Kier alpha value is -7.50. The Morgan fingerprint density at radius 1 is 0.912 bits per heavy atom. The first-order valence-corrected chi connectivity index (χ1v) is 23.6. The average Bonchev–Trinajstić information content (AvgIpc) is 4.05. The number of carbonyl (C=O) groups excluding carboxylic acids is 4. The zero-order chi connectivity index (χ0) is 47.1. The van der Waals surface area contributed by atoms with Crippen molar-refractivity contribution < 1.29 is 33.8 Å². The van der Waals surface area contributed by atoms with Crippen LogP contribution in [0.15, 0.2) is 91.0 Å². The average molecular weight is 932 g/mol. The van der Waals surface area contributed by atoms with Crippen molar-refractivity contribution in [3.63, 3.8) is 0 Å². The number of nitrogens with zero attached hydrogens (tertiary/aromatic N) is 6. The van der Waals surface area contributed by atoms with Crippen LogP contribution in [0, 0.1) is 12.8 Å². The number of hydrogen-bond donors (Lipinski definition) is 4. The number of nitrogens with one attached hydrogen (secondary N) is 3. The Balaban J connectivity index is 0.744. The molecule has 2 fully saturated rings. The summed E-state index contributed by atoms with van der Waals surface area (Å²) in [6, 6.07) is 28.3. The fourth-order valence-corrected chi connectivity index (χ4v) is 10.6. The number of carbonyl (C=O) groups is 5. The largest absolute Gasteiger partial charge is 0.493 e. The van der Waals surface area contributed by atoms with E-state index in [4.69, 9.17) is 9.72 Å². The molecule has 0 spiro atoms. The molecular formula is C51H49N9O7S. The van der Waals surface area contributed by atoms with E-state index in [9.17, 15) is 29.1 Å². The predicted octanol–water partition coefficient (Wildman–Crippen LogP) is 7.32. The molecule has 10 rings (SSSR count). The molecule has 346 valence electrons. The number of hydrogen-bond acceptors (Lipinski definition) is 12. The molecule has 68 heavy (non-hydrogen) atoms. The number of fused-ring (bicyclic) bond motifs is 3. The molecule has 6 heterocycles. The van der Waals surface area contributed by atoms with E-state index in [1.165, 1.54) is 11.3 Å². The highest BCUT2D eigenvalue weighted by molar-refractivity contribution is 7.22. The summed E-state index contributed by atoms with van der Waals surface area (Å²) in [6.45, 7) is 5.17. The first-order valence-electron chi connectivity index (χ1n) is 22.8. The van der Waals surface area contributed by atoms with E-state index in [1.54, 1.807) is 17.8 Å². The maximum atomic E-state index is 13.6. The summed E-state index contributed by atoms with van der Waals surface area (Å²) < 4.78 is 9.01. The van der Waals surface area contributed by atoms with Crippen LogP contribution in [0.25, 0.3) is 32.2 Å². The number of aromatic nitrogens is 4. The van der Waals surface area contributed by atoms with Crippen LogP contribution in [-0.2, 0) is 34.4 Å². The maximum absolute atomic E-state index is 13.6. The highest BCUT2D eigenvalue weighted by Gasteiger charge is 2.32. The lowest BCUT2D eigenvalue weighted by Crippen LogP contribution is -2.39. The van der Waals surface area contributed by atoms with Crippen LogP contribution in [-0.4, -0.2) is 92.1 Å². The van der Waals surface area contributed by atoms with Crippen molar-refractivity contribution in [3.05, 3.63) is 125 Å². The van der Waals surface area contributed by atoms with Gasteiger partial charge < -0.3 is 20.1 Å². The lowest BCUT2D eigenvalue weighted by atomic mass is 9.93. The van der Waals surface area contributed by atoms with Gasteiger partial charge in [-0.25, -0.2) is 14.8 Å². The molecule has 0 bridgehead atoms. The summed E-state index contributed by atoms with van der Waals surface area (Å²) in [5, 5.41) is 24.8. The number of carboxylic acid groups (broad SMARTS) is 1. The van der Waals surface area contributed by atoms with Crippen LogP contribution in [0.2, 0.25) is 0 Å². The van der Waals surface area contributed by atoms with E-state index in [0.29, 0.717) is 83.2 Å². The van der Waals surface area contributed by atoms with E-state index in [2.05, 4.69) is 30.9 Å². The SMILES string of the molecule is Cc1c(OCCC2CCN(CC(=O)Nc3ccc4c(C5CCC(=O)NC5=O)nn(C)c4c3)C2)cccc1-c1ccc(N2CCc3cccc(C(=O)Nc4nc5ccccc5s4)c3C2)nc1C(=O)O. The van der Waals surface area contributed by atoms with Gasteiger partial charge in [-0.15, -0.1) is 0 Å². The second kappa shape index (κ2) is 18.6. The van der Waals surface area contributed by atoms with Gasteiger partial charge in [0.2, 0.25) is 17.7 Å². The second-order valence-electron chi connectivity index (χ2n) is 17.7. The quantitative estimate of drug-likeness (QED) is 0.0842. The number of likely N-dealkylation sites (tertiary alicyclic amines) is 1. The summed E-state index contributed by atoms with van der Waals surface area (Å²) in [5.74, 6) is -1.11. The number of pyridine rings is 1. The van der Waals surface area contributed by atoms with Gasteiger partial charge in [-0.1, -0.05) is 47.7 Å². The lowest BCUT2D eigenvalue weighted by Gasteiger charge is -2.31. The van der Waals surface area contributed by atoms with Gasteiger partial charge in [0.25, 0.3) is 5.91 Å². The predicted molar refractivity (Wildman–Crippen MR) is 259 cm³/mol. The first-order chi connectivity index (χ1) is 32.9. The topological polar surface area (TPSA) is 201 Å². The number of aryl methyl sites for hydroxylation is 1. The maximum Gasteiger partial charge on any atom is 0.355 e. The fourth-order valence-electron chi connectivity index (χ4n) is 9.75. The second-order valence-corrected chi connectivity index (χ2v) is 18.7. The summed E-state index contributed by atoms with van der Waals surface area (Å²) in [7, 11) is 1.80. The zero-order valence-corrected chi connectivity index (χ0v) is 38.4. The van der Waals surface area contributed by atoms with Crippen LogP contribution in [0.4, 0.5) is 16.6 Å². The highest BCUT2D eigenvalue weighted by atomic mass is 32.1. The molecule has 4 amide bonds. The Kier molecular flexibility index (Phi) is 12.2. The van der Waals surface area contributed by atoms with Crippen LogP contribution >= 0.6 is 11.3 Å². The van der Waals surface area contributed by atoms with E-state index < -0.39 is 11.9 Å². The van der Waals surface area contributed by atoms with Gasteiger partial charge in [-0.05, 0) is 122 Å². The molecule has 0 aliphatic carbocycles. The van der Waals surface area contributed by atoms with Crippen molar-refractivity contribution in [2.75, 3.05) is 48.3 Å². The number of para-hydroxylation sites is 1. The molecule has 0 saturated carbocycles. The minimum absolute atomic E-state index is 0.0676. The van der Waals surface area contributed by atoms with E-state index >= 15 is 0 Å². The van der Waals surface area contributed by atoms with E-state index in [-0.39, 0.29) is 42.3 Å². The molecule has 2 unspecified atom stereocenters. The Morgan fingerprint density at radius 2 is 1.76 bits per heavy atom. The van der Waals surface area contributed by atoms with Crippen LogP contribution in [0.5, 0.6) is 5.75 Å². The number of ether oxygens (including phenoxy) is 1. The van der Waals surface area contributed by atoms with Gasteiger partial charge in [-0.2, -0.15) is 5.10 Å². The molecule has 7 aromatic rings. The van der Waals surface area contributed by atoms with Crippen molar-refractivity contribution in [2.45, 2.75) is 51.5 Å². The molecule has 16 nitrogen and oxygen atoms in total. The van der Waals surface area contributed by atoms with Crippen LogP contribution < -0.4 is 25.6 Å². The molecule has 3 aliphatic rings. The van der Waals surface area contributed by atoms with Gasteiger partial charge in [-0.3, -0.25) is 39.4 Å². The zero-order valence-electron chi connectivity index (χ0n) is 37.6. The molecule has 0 radical (unpaired) electrons. The normalized spacial score (nSPS) is 17.3. The van der Waals surface area contributed by atoms with Gasteiger partial charge in [0, 0.05) is 55.3 Å². The number of carboxylic acids is 1. The fraction of sp³-hybridized carbons (Fsp3) is 0.294. The minimum atomic E-state index is -1.14. The van der Waals surface area contributed by atoms with Crippen molar-refractivity contribution in [1.82, 2.24) is 30.0 Å². The number of benzene rings is 4. The molecule has 2 atom stereocenters. The number of aromatic carboxylic acids is 1. The highest BCUT2D eigenvalue weighted by Crippen LogP contribution is 2.36. The third kappa shape index (κ3) is 9.01. The number of imide groups is 1. The summed E-state index contributed by atoms with van der Waals surface area (Å²) in [4.78, 5) is 77.3. The number of rotatable bonds is 13. The lowest BCUT2D eigenvalue weighted by molar-refractivity contribution is -0.134. The summed E-state index contributed by atoms with van der Waals surface area (Å²) in [6.07, 6.45) is 3.06. The molecule has 3 aliphatic heterocycles. The monoisotopic (exact) mass is 931 g/mol. The Bertz CT molecular complexity index is 3130. The van der Waals surface area contributed by atoms with Crippen LogP contribution in [0.3, 0.4) is 0 Å². The minimum Gasteiger partial charge on any atom is -0.493 e. The number of piperidine rings is 1. The van der Waals surface area contributed by atoms with Crippen LogP contribution in [0.1, 0.15) is 74.8 Å². The molecule has 3 aromatic heterocycles. The van der Waals surface area contributed by atoms with Crippen molar-refractivity contribution in [2.24, 2.45) is 13.0 Å². The van der Waals surface area contributed by atoms with E-state index in [0.717, 1.165) is 63.7 Å². The number of thiazole rings is 1. The molecule has 17 heteroatoms. The molecular weight excluding hydrogens is 883 g/mol. The summed E-state index contributed by atoms with van der Waals surface area (Å²) >= 11 is 1.42. The Labute approximate surface area is 395 Å². The van der Waals surface area contributed by atoms with Crippen molar-refractivity contribution in [3.8, 4) is 16.9 Å². The Morgan fingerprint density at radius 3 is 2.60 bits per heavy atom. The summed E-state index contributed by atoms with van der Waals surface area (Å²) in [5.41, 5.74) is 7.29. The standard InChI is InChI=1S/C51H49N9O7S/c1-29-33(34-15-17-43(54-47(34)50(65)66)60-23-20-31-7-5-9-35(38(31)27-60)48(63)56-51-53-39-10-3-4-12-42(39)68-51)8-6-11-41(29)67-24-21-30-19-22-59(26-30)28-45(62)52-32-13-14-36-40(25-32)58(2)57-46(36)37-16-18-44(61)55-49(37)64/h3-15,17,25,30,37H,16,18-24,26-28H2,1-2H3,(H,52,62)(H,65,66)(H,53,56,63)(H,55,61,64). The van der Waals surface area contributed by atoms with Crippen molar-refractivity contribution in [1.29, 1.82) is 0 Å². The van der Waals surface area contributed by atoms with Gasteiger partial charge >= 0.3 is 5.97 Å². The first kappa shape index (κ1) is 44.3. The smallest absolute Gasteiger partial charge is 0.355 e. The molecule has 2 saturated heterocycles.